The number of benzene rings is 2. The van der Waals surface area contributed by atoms with E-state index in [0.29, 0.717) is 42.0 Å². The summed E-state index contributed by atoms with van der Waals surface area (Å²) in [4.78, 5) is 48.6. The number of primary amides is 1. The molecule has 0 aliphatic carbocycles. The van der Waals surface area contributed by atoms with E-state index in [1.165, 1.54) is 4.90 Å². The molecule has 3 amide bonds. The van der Waals surface area contributed by atoms with Gasteiger partial charge in [-0.05, 0) is 74.6 Å². The smallest absolute Gasteiger partial charge is 0.407 e. The van der Waals surface area contributed by atoms with Crippen molar-refractivity contribution in [1.29, 1.82) is 0 Å². The number of fused-ring (bicyclic) bond motifs is 3. The second kappa shape index (κ2) is 9.18. The quantitative estimate of drug-likeness (QED) is 0.323. The minimum atomic E-state index is -1.01. The number of likely N-dealkylation sites (N-methyl/N-ethyl adjacent to an activating group) is 1. The third-order valence-electron chi connectivity index (χ3n) is 8.47. The van der Waals surface area contributed by atoms with Crippen LogP contribution in [0.5, 0.6) is 0 Å². The molecule has 2 aliphatic heterocycles. The Morgan fingerprint density at radius 2 is 1.76 bits per heavy atom. The molecular formula is C30H33N7O4. The zero-order valence-corrected chi connectivity index (χ0v) is 23.8. The standard InChI is InChI=1S/C30H33N7O4/c1-6-15-9-17(10-16(7-2)24(15)26(31)38)37-23-14-35(29(40)41)13-18(23)25(34-37)27-32-20-11-19-22(12-21(20)33-27)36(8-3)28(39)30(19,4)5/h9-12H,6-8,13-14H2,1-5H3,(H2,31,38)(H,32,33)(H,40,41). The number of hydrogen-bond acceptors (Lipinski definition) is 5. The number of amides is 3. The van der Waals surface area contributed by atoms with Crippen LogP contribution in [0.1, 0.15) is 72.9 Å². The van der Waals surface area contributed by atoms with Crippen LogP contribution >= 0.6 is 0 Å². The van der Waals surface area contributed by atoms with Gasteiger partial charge in [-0.15, -0.1) is 0 Å². The molecule has 4 aromatic rings. The van der Waals surface area contributed by atoms with E-state index in [4.69, 9.17) is 15.8 Å². The van der Waals surface area contributed by atoms with E-state index in [1.807, 2.05) is 58.9 Å². The van der Waals surface area contributed by atoms with Gasteiger partial charge in [0.2, 0.25) is 11.8 Å². The van der Waals surface area contributed by atoms with Gasteiger partial charge in [0.05, 0.1) is 46.6 Å². The number of carbonyl (C=O) groups is 3. The Morgan fingerprint density at radius 3 is 2.34 bits per heavy atom. The third kappa shape index (κ3) is 3.82. The number of aryl methyl sites for hydroxylation is 2. The number of nitrogens with zero attached hydrogens (tertiary/aromatic N) is 5. The maximum atomic E-state index is 13.0. The molecule has 6 rings (SSSR count). The Balaban J connectivity index is 1.53. The van der Waals surface area contributed by atoms with Gasteiger partial charge in [-0.1, -0.05) is 13.8 Å². The van der Waals surface area contributed by atoms with Crippen LogP contribution < -0.4 is 10.6 Å². The van der Waals surface area contributed by atoms with Crippen molar-refractivity contribution in [2.24, 2.45) is 5.73 Å². The van der Waals surface area contributed by atoms with Gasteiger partial charge in [0.15, 0.2) is 5.82 Å². The van der Waals surface area contributed by atoms with Gasteiger partial charge < -0.3 is 20.7 Å². The lowest BCUT2D eigenvalue weighted by Gasteiger charge is -2.18. The van der Waals surface area contributed by atoms with Gasteiger partial charge in [0.1, 0.15) is 5.69 Å². The lowest BCUT2D eigenvalue weighted by atomic mass is 9.86. The molecule has 4 heterocycles. The van der Waals surface area contributed by atoms with Gasteiger partial charge in [-0.3, -0.25) is 14.5 Å². The van der Waals surface area contributed by atoms with Crippen LogP contribution in [0.25, 0.3) is 28.2 Å². The fraction of sp³-hybridized carbons (Fsp3) is 0.367. The molecule has 2 aromatic carbocycles. The first kappa shape index (κ1) is 26.5. The summed E-state index contributed by atoms with van der Waals surface area (Å²) < 4.78 is 1.77. The summed E-state index contributed by atoms with van der Waals surface area (Å²) in [7, 11) is 0. The number of nitrogens with two attached hydrogens (primary N) is 1. The molecule has 2 aliphatic rings. The number of anilines is 1. The predicted octanol–water partition coefficient (Wildman–Crippen LogP) is 4.28. The SMILES string of the molecule is CCc1cc(-n2nc(-c3nc4cc5c(cc4[nH]3)C(C)(C)C(=O)N5CC)c3c2CN(C(=O)O)C3)cc(CC)c1C(N)=O. The molecule has 11 heteroatoms. The first-order valence-corrected chi connectivity index (χ1v) is 13.9. The van der Waals surface area contributed by atoms with E-state index in [-0.39, 0.29) is 19.0 Å². The van der Waals surface area contributed by atoms with Crippen molar-refractivity contribution < 1.29 is 19.5 Å². The summed E-state index contributed by atoms with van der Waals surface area (Å²) in [5.41, 5.74) is 13.4. The summed E-state index contributed by atoms with van der Waals surface area (Å²) in [6.45, 7) is 10.7. The molecule has 0 spiro atoms. The molecule has 11 nitrogen and oxygen atoms in total. The number of aromatic amines is 1. The first-order chi connectivity index (χ1) is 19.5. The van der Waals surface area contributed by atoms with E-state index in [1.54, 1.807) is 9.58 Å². The van der Waals surface area contributed by atoms with E-state index < -0.39 is 17.4 Å². The lowest BCUT2D eigenvalue weighted by molar-refractivity contribution is -0.122. The van der Waals surface area contributed by atoms with Crippen LogP contribution in [0.15, 0.2) is 24.3 Å². The summed E-state index contributed by atoms with van der Waals surface area (Å²) in [5, 5.41) is 14.8. The van der Waals surface area contributed by atoms with E-state index >= 15 is 0 Å². The molecule has 4 N–H and O–H groups in total. The van der Waals surface area contributed by atoms with Gasteiger partial charge >= 0.3 is 6.09 Å². The van der Waals surface area contributed by atoms with Crippen molar-refractivity contribution in [3.05, 3.63) is 57.8 Å². The maximum absolute atomic E-state index is 13.0. The first-order valence-electron chi connectivity index (χ1n) is 13.9. The lowest BCUT2D eigenvalue weighted by Crippen LogP contribution is -2.35. The van der Waals surface area contributed by atoms with Crippen molar-refractivity contribution >= 4 is 34.6 Å². The normalized spacial score (nSPS) is 15.6. The van der Waals surface area contributed by atoms with Gasteiger partial charge in [-0.25, -0.2) is 14.5 Å². The Morgan fingerprint density at radius 1 is 1.07 bits per heavy atom. The molecule has 0 unspecified atom stereocenters. The zero-order valence-electron chi connectivity index (χ0n) is 23.8. The van der Waals surface area contributed by atoms with Crippen molar-refractivity contribution in [3.63, 3.8) is 0 Å². The number of carbonyl (C=O) groups excluding carboxylic acids is 2. The predicted molar refractivity (Wildman–Crippen MR) is 154 cm³/mol. The number of carboxylic acid groups (broad SMARTS) is 1. The number of nitrogens with one attached hydrogen (secondary N) is 1. The number of imidazole rings is 1. The molecule has 41 heavy (non-hydrogen) atoms. The molecule has 0 saturated heterocycles. The molecule has 0 radical (unpaired) electrons. The Hall–Kier alpha value is -4.67. The Labute approximate surface area is 236 Å². The van der Waals surface area contributed by atoms with Crippen molar-refractivity contribution in [3.8, 4) is 17.2 Å². The van der Waals surface area contributed by atoms with E-state index in [9.17, 15) is 19.5 Å². The largest absolute Gasteiger partial charge is 0.465 e. The zero-order chi connectivity index (χ0) is 29.4. The van der Waals surface area contributed by atoms with Crippen LogP contribution in [-0.4, -0.2) is 54.2 Å². The average molecular weight is 556 g/mol. The van der Waals surface area contributed by atoms with Gasteiger partial charge in [0, 0.05) is 17.7 Å². The molecule has 212 valence electrons. The number of rotatable bonds is 6. The molecule has 0 bridgehead atoms. The number of aromatic nitrogens is 4. The highest BCUT2D eigenvalue weighted by atomic mass is 16.4. The Bertz CT molecular complexity index is 1760. The minimum absolute atomic E-state index is 0.0634. The van der Waals surface area contributed by atoms with Crippen molar-refractivity contribution in [2.45, 2.75) is 66.0 Å². The number of H-pyrrole nitrogens is 1. The molecule has 0 atom stereocenters. The molecule has 0 fully saturated rings. The highest BCUT2D eigenvalue weighted by molar-refractivity contribution is 6.09. The summed E-state index contributed by atoms with van der Waals surface area (Å²) in [5.74, 6) is 0.126. The fourth-order valence-electron chi connectivity index (χ4n) is 6.28. The van der Waals surface area contributed by atoms with Crippen LogP contribution in [0.4, 0.5) is 10.5 Å². The monoisotopic (exact) mass is 555 g/mol. The van der Waals surface area contributed by atoms with Crippen molar-refractivity contribution in [2.75, 3.05) is 11.4 Å². The van der Waals surface area contributed by atoms with Crippen LogP contribution in [-0.2, 0) is 36.1 Å². The highest BCUT2D eigenvalue weighted by Crippen LogP contribution is 2.44. The minimum Gasteiger partial charge on any atom is -0.465 e. The highest BCUT2D eigenvalue weighted by Gasteiger charge is 2.43. The number of hydrogen-bond donors (Lipinski definition) is 3. The van der Waals surface area contributed by atoms with Crippen LogP contribution in [0, 0.1) is 0 Å². The third-order valence-corrected chi connectivity index (χ3v) is 8.47. The van der Waals surface area contributed by atoms with E-state index in [0.717, 1.165) is 44.8 Å². The molecular weight excluding hydrogens is 522 g/mol. The maximum Gasteiger partial charge on any atom is 0.407 e. The summed E-state index contributed by atoms with van der Waals surface area (Å²) in [6.07, 6.45) is 0.204. The van der Waals surface area contributed by atoms with Crippen LogP contribution in [0.2, 0.25) is 0 Å². The van der Waals surface area contributed by atoms with Crippen LogP contribution in [0.3, 0.4) is 0 Å². The van der Waals surface area contributed by atoms with E-state index in [2.05, 4.69) is 4.98 Å². The van der Waals surface area contributed by atoms with Gasteiger partial charge in [0.25, 0.3) is 0 Å². The van der Waals surface area contributed by atoms with Crippen molar-refractivity contribution in [1.82, 2.24) is 24.6 Å². The average Bonchev–Trinajstić information content (AvgIpc) is 3.67. The topological polar surface area (TPSA) is 150 Å². The summed E-state index contributed by atoms with van der Waals surface area (Å²) >= 11 is 0. The second-order valence-corrected chi connectivity index (χ2v) is 11.2. The fourth-order valence-corrected chi connectivity index (χ4v) is 6.28. The second-order valence-electron chi connectivity index (χ2n) is 11.2. The summed E-state index contributed by atoms with van der Waals surface area (Å²) in [6, 6.07) is 7.73. The molecule has 2 aromatic heterocycles. The Kier molecular flexibility index (Phi) is 5.95. The van der Waals surface area contributed by atoms with Gasteiger partial charge in [-0.2, -0.15) is 5.10 Å². The molecule has 0 saturated carbocycles.